The molecule has 0 bridgehead atoms. The highest BCUT2D eigenvalue weighted by Crippen LogP contribution is 2.34. The molecule has 2 heterocycles. The number of carbonyl (C=O) groups is 2. The largest absolute Gasteiger partial charge is 0.341 e. The van der Waals surface area contributed by atoms with Crippen LogP contribution in [-0.4, -0.2) is 38.7 Å². The molecule has 1 atom stereocenters. The van der Waals surface area contributed by atoms with E-state index in [0.717, 1.165) is 23.3 Å². The van der Waals surface area contributed by atoms with Crippen LogP contribution in [0.1, 0.15) is 13.3 Å². The Morgan fingerprint density at radius 3 is 2.52 bits per heavy atom. The summed E-state index contributed by atoms with van der Waals surface area (Å²) in [6.45, 7) is 3.03. The van der Waals surface area contributed by atoms with E-state index in [2.05, 4.69) is 47.1 Å². The predicted molar refractivity (Wildman–Crippen MR) is 136 cm³/mol. The van der Waals surface area contributed by atoms with Crippen molar-refractivity contribution in [3.63, 3.8) is 0 Å². The number of aromatic nitrogens is 1. The van der Waals surface area contributed by atoms with Crippen molar-refractivity contribution >= 4 is 61.9 Å². The third-order valence-electron chi connectivity index (χ3n) is 5.87. The lowest BCUT2D eigenvalue weighted by atomic mass is 10.1. The third kappa shape index (κ3) is 4.00. The Hall–Kier alpha value is -3.58. The maximum absolute atomic E-state index is 12.8. The molecule has 6 nitrogen and oxygen atoms in total. The summed E-state index contributed by atoms with van der Waals surface area (Å²) in [6, 6.07) is 23.8. The van der Waals surface area contributed by atoms with Crippen LogP contribution < -0.4 is 5.32 Å². The van der Waals surface area contributed by atoms with Gasteiger partial charge in [-0.05, 0) is 43.3 Å². The molecule has 1 aromatic heterocycles. The van der Waals surface area contributed by atoms with Gasteiger partial charge in [-0.25, -0.2) is 4.99 Å². The molecule has 3 aromatic carbocycles. The van der Waals surface area contributed by atoms with E-state index in [1.54, 1.807) is 11.9 Å². The van der Waals surface area contributed by atoms with Crippen molar-refractivity contribution in [3.05, 3.63) is 72.8 Å². The molecule has 0 radical (unpaired) electrons. The van der Waals surface area contributed by atoms with E-state index < -0.39 is 5.25 Å². The fraction of sp³-hybridized carbons (Fsp3) is 0.192. The number of benzene rings is 3. The SMILES string of the molecule is CCn1c2ccccc2c2cc(N=C3S[C@@H](CC(=O)Nc4ccccc4)C(=O)N3C)ccc21. The molecule has 4 aromatic rings. The van der Waals surface area contributed by atoms with E-state index >= 15 is 0 Å². The van der Waals surface area contributed by atoms with Gasteiger partial charge in [0.2, 0.25) is 11.8 Å². The van der Waals surface area contributed by atoms with Crippen LogP contribution in [0, 0.1) is 0 Å². The highest BCUT2D eigenvalue weighted by Gasteiger charge is 2.37. The molecule has 1 N–H and O–H groups in total. The Balaban J connectivity index is 1.39. The maximum Gasteiger partial charge on any atom is 0.242 e. The van der Waals surface area contributed by atoms with Crippen molar-refractivity contribution in [3.8, 4) is 0 Å². The number of hydrogen-bond donors (Lipinski definition) is 1. The summed E-state index contributed by atoms with van der Waals surface area (Å²) in [7, 11) is 1.71. The first kappa shape index (κ1) is 21.3. The van der Waals surface area contributed by atoms with E-state index in [-0.39, 0.29) is 18.2 Å². The first-order valence-corrected chi connectivity index (χ1v) is 11.8. The zero-order chi connectivity index (χ0) is 22.9. The number of aryl methyl sites for hydroxylation is 1. The van der Waals surface area contributed by atoms with Gasteiger partial charge in [0.25, 0.3) is 0 Å². The van der Waals surface area contributed by atoms with Gasteiger partial charge in [-0.1, -0.05) is 48.2 Å². The van der Waals surface area contributed by atoms with E-state index in [1.807, 2.05) is 42.5 Å². The van der Waals surface area contributed by atoms with Crippen LogP contribution in [0.15, 0.2) is 77.8 Å². The van der Waals surface area contributed by atoms with E-state index in [1.165, 1.54) is 28.2 Å². The summed E-state index contributed by atoms with van der Waals surface area (Å²) in [6.07, 6.45) is 0.102. The van der Waals surface area contributed by atoms with Crippen LogP contribution in [0.4, 0.5) is 11.4 Å². The normalized spacial score (nSPS) is 17.4. The minimum Gasteiger partial charge on any atom is -0.341 e. The second-order valence-electron chi connectivity index (χ2n) is 7.98. The lowest BCUT2D eigenvalue weighted by Gasteiger charge is -2.09. The van der Waals surface area contributed by atoms with Crippen LogP contribution in [-0.2, 0) is 16.1 Å². The van der Waals surface area contributed by atoms with E-state index in [9.17, 15) is 9.59 Å². The number of rotatable bonds is 5. The summed E-state index contributed by atoms with van der Waals surface area (Å²) in [5, 5.41) is 5.31. The van der Waals surface area contributed by atoms with Crippen LogP contribution in [0.3, 0.4) is 0 Å². The molecule has 0 spiro atoms. The lowest BCUT2D eigenvalue weighted by molar-refractivity contribution is -0.127. The highest BCUT2D eigenvalue weighted by molar-refractivity contribution is 8.15. The first-order valence-electron chi connectivity index (χ1n) is 10.9. The molecule has 7 heteroatoms. The number of amidine groups is 1. The average Bonchev–Trinajstić information content (AvgIpc) is 3.28. The summed E-state index contributed by atoms with van der Waals surface area (Å²) in [4.78, 5) is 31.5. The number of nitrogens with zero attached hydrogens (tertiary/aromatic N) is 3. The van der Waals surface area contributed by atoms with Gasteiger partial charge in [0.1, 0.15) is 5.25 Å². The Morgan fingerprint density at radius 2 is 1.73 bits per heavy atom. The lowest BCUT2D eigenvalue weighted by Crippen LogP contribution is -2.30. The zero-order valence-electron chi connectivity index (χ0n) is 18.5. The van der Waals surface area contributed by atoms with E-state index in [0.29, 0.717) is 5.17 Å². The molecule has 0 aliphatic carbocycles. The number of para-hydroxylation sites is 2. The second-order valence-corrected chi connectivity index (χ2v) is 9.15. The minimum atomic E-state index is -0.483. The molecular formula is C26H24N4O2S. The first-order chi connectivity index (χ1) is 16.0. The van der Waals surface area contributed by atoms with Gasteiger partial charge in [-0.3, -0.25) is 14.5 Å². The van der Waals surface area contributed by atoms with Crippen molar-refractivity contribution in [1.29, 1.82) is 0 Å². The minimum absolute atomic E-state index is 0.102. The summed E-state index contributed by atoms with van der Waals surface area (Å²) < 4.78 is 2.29. The standard InChI is InChI=1S/C26H24N4O2S/c1-3-30-21-12-8-7-11-19(21)20-15-18(13-14-22(20)30)28-26-29(2)25(32)23(33-26)16-24(31)27-17-9-5-4-6-10-17/h4-15,23H,3,16H2,1-2H3,(H,27,31)/t23-/m0/s1. The van der Waals surface area contributed by atoms with Gasteiger partial charge >= 0.3 is 0 Å². The molecule has 1 aliphatic heterocycles. The second kappa shape index (κ2) is 8.75. The van der Waals surface area contributed by atoms with Crippen LogP contribution in [0.2, 0.25) is 0 Å². The molecule has 2 amide bonds. The number of nitrogens with one attached hydrogen (secondary N) is 1. The number of fused-ring (bicyclic) bond motifs is 3. The van der Waals surface area contributed by atoms with Gasteiger partial charge in [0, 0.05) is 47.5 Å². The summed E-state index contributed by atoms with van der Waals surface area (Å²) >= 11 is 1.34. The molecule has 5 rings (SSSR count). The zero-order valence-corrected chi connectivity index (χ0v) is 19.3. The van der Waals surface area contributed by atoms with Crippen LogP contribution >= 0.6 is 11.8 Å². The molecule has 166 valence electrons. The molecule has 1 fully saturated rings. The number of thioether (sulfide) groups is 1. The molecule has 33 heavy (non-hydrogen) atoms. The third-order valence-corrected chi connectivity index (χ3v) is 7.09. The highest BCUT2D eigenvalue weighted by atomic mass is 32.2. The van der Waals surface area contributed by atoms with Crippen molar-refractivity contribution in [2.45, 2.75) is 25.1 Å². The fourth-order valence-electron chi connectivity index (χ4n) is 4.26. The smallest absolute Gasteiger partial charge is 0.242 e. The Labute approximate surface area is 196 Å². The summed E-state index contributed by atoms with van der Waals surface area (Å²) in [5.41, 5.74) is 3.88. The number of hydrogen-bond acceptors (Lipinski definition) is 4. The molecular weight excluding hydrogens is 432 g/mol. The number of amides is 2. The molecule has 0 unspecified atom stereocenters. The van der Waals surface area contributed by atoms with Gasteiger partial charge < -0.3 is 9.88 Å². The quantitative estimate of drug-likeness (QED) is 0.437. The Kier molecular flexibility index (Phi) is 5.64. The van der Waals surface area contributed by atoms with Gasteiger partial charge in [-0.15, -0.1) is 0 Å². The van der Waals surface area contributed by atoms with Crippen molar-refractivity contribution in [1.82, 2.24) is 9.47 Å². The molecule has 1 saturated heterocycles. The number of aliphatic imine (C=N–C) groups is 1. The summed E-state index contributed by atoms with van der Waals surface area (Å²) in [5.74, 6) is -0.291. The monoisotopic (exact) mass is 456 g/mol. The van der Waals surface area contributed by atoms with Gasteiger partial charge in [0.15, 0.2) is 5.17 Å². The average molecular weight is 457 g/mol. The van der Waals surface area contributed by atoms with Gasteiger partial charge in [0.05, 0.1) is 5.69 Å². The van der Waals surface area contributed by atoms with Gasteiger partial charge in [-0.2, -0.15) is 0 Å². The fourth-order valence-corrected chi connectivity index (χ4v) is 5.42. The van der Waals surface area contributed by atoms with Crippen LogP contribution in [0.5, 0.6) is 0 Å². The number of carbonyl (C=O) groups excluding carboxylic acids is 2. The van der Waals surface area contributed by atoms with Crippen molar-refractivity contribution in [2.75, 3.05) is 12.4 Å². The van der Waals surface area contributed by atoms with Crippen molar-refractivity contribution in [2.24, 2.45) is 4.99 Å². The Morgan fingerprint density at radius 1 is 1.00 bits per heavy atom. The predicted octanol–water partition coefficient (Wildman–Crippen LogP) is 5.40. The van der Waals surface area contributed by atoms with Crippen molar-refractivity contribution < 1.29 is 9.59 Å². The van der Waals surface area contributed by atoms with Crippen LogP contribution in [0.25, 0.3) is 21.8 Å². The topological polar surface area (TPSA) is 66.7 Å². The molecule has 0 saturated carbocycles. The van der Waals surface area contributed by atoms with E-state index in [4.69, 9.17) is 4.99 Å². The number of anilines is 1. The Bertz CT molecular complexity index is 1390. The maximum atomic E-state index is 12.8. The molecule has 1 aliphatic rings.